The number of halogens is 2. The van der Waals surface area contributed by atoms with Gasteiger partial charge in [-0.2, -0.15) is 0 Å². The Bertz CT molecular complexity index is 803. The molecule has 2 aromatic rings. The average Bonchev–Trinajstić information content (AvgIpc) is 2.37. The van der Waals surface area contributed by atoms with Crippen LogP contribution >= 0.6 is 22.3 Å². The molecule has 1 heterocycles. The first-order chi connectivity index (χ1) is 9.79. The Kier molecular flexibility index (Phi) is 4.76. The van der Waals surface area contributed by atoms with Crippen molar-refractivity contribution in [3.63, 3.8) is 0 Å². The molecule has 0 atom stereocenters. The third-order valence-corrected chi connectivity index (χ3v) is 4.39. The van der Waals surface area contributed by atoms with Gasteiger partial charge in [0.05, 0.1) is 11.5 Å². The maximum atomic E-state index is 11.6. The minimum atomic E-state index is -3.87. The van der Waals surface area contributed by atoms with Gasteiger partial charge in [-0.05, 0) is 31.2 Å². The Morgan fingerprint density at radius 2 is 2.05 bits per heavy atom. The Balaban J connectivity index is 2.53. The largest absolute Gasteiger partial charge is 0.491 e. The van der Waals surface area contributed by atoms with Crippen molar-refractivity contribution in [1.82, 2.24) is 4.98 Å². The normalized spacial score (nSPS) is 11.6. The van der Waals surface area contributed by atoms with E-state index in [1.54, 1.807) is 6.07 Å². The quantitative estimate of drug-likeness (QED) is 0.463. The van der Waals surface area contributed by atoms with E-state index in [1.165, 1.54) is 18.2 Å². The van der Waals surface area contributed by atoms with E-state index in [1.807, 2.05) is 6.92 Å². The molecular formula is C14H13Cl2NO3S. The van der Waals surface area contributed by atoms with Gasteiger partial charge in [-0.3, -0.25) is 0 Å². The van der Waals surface area contributed by atoms with Gasteiger partial charge in [-0.1, -0.05) is 17.2 Å². The summed E-state index contributed by atoms with van der Waals surface area (Å²) in [5.74, 6) is 0.456. The van der Waals surface area contributed by atoms with Crippen LogP contribution in [-0.4, -0.2) is 20.0 Å². The molecular weight excluding hydrogens is 333 g/mol. The molecule has 0 unspecified atom stereocenters. The smallest absolute Gasteiger partial charge is 0.261 e. The molecule has 0 fully saturated rings. The van der Waals surface area contributed by atoms with Crippen LogP contribution in [0.5, 0.6) is 5.75 Å². The predicted molar refractivity (Wildman–Crippen MR) is 84.7 cm³/mol. The van der Waals surface area contributed by atoms with Crippen LogP contribution in [0.15, 0.2) is 41.3 Å². The topological polar surface area (TPSA) is 56.3 Å². The van der Waals surface area contributed by atoms with Crippen LogP contribution in [0.2, 0.25) is 5.15 Å². The van der Waals surface area contributed by atoms with Crippen molar-refractivity contribution in [2.45, 2.75) is 18.2 Å². The lowest BCUT2D eigenvalue weighted by Crippen LogP contribution is -2.01. The second kappa shape index (κ2) is 6.22. The Morgan fingerprint density at radius 1 is 1.33 bits per heavy atom. The van der Waals surface area contributed by atoms with Crippen LogP contribution in [0, 0.1) is 0 Å². The maximum Gasteiger partial charge on any atom is 0.261 e. The van der Waals surface area contributed by atoms with Gasteiger partial charge in [-0.15, -0.1) is 6.58 Å². The van der Waals surface area contributed by atoms with Gasteiger partial charge >= 0.3 is 0 Å². The standard InChI is InChI=1S/C14H13Cl2NO3S/c1-9(2)7-8-20-11-4-5-12(21(16,18)19)10-3-6-13(15)17-14(10)11/h3-6H,1,7-8H2,2H3. The van der Waals surface area contributed by atoms with E-state index in [9.17, 15) is 8.42 Å². The highest BCUT2D eigenvalue weighted by Gasteiger charge is 2.17. The highest BCUT2D eigenvalue weighted by molar-refractivity contribution is 8.14. The maximum absolute atomic E-state index is 11.6. The first-order valence-corrected chi connectivity index (χ1v) is 8.79. The lowest BCUT2D eigenvalue weighted by molar-refractivity contribution is 0.325. The molecule has 0 N–H and O–H groups in total. The number of nitrogens with zero attached hydrogens (tertiary/aromatic N) is 1. The number of ether oxygens (including phenoxy) is 1. The van der Waals surface area contributed by atoms with Crippen LogP contribution in [0.3, 0.4) is 0 Å². The zero-order valence-corrected chi connectivity index (χ0v) is 13.6. The van der Waals surface area contributed by atoms with E-state index in [2.05, 4.69) is 11.6 Å². The monoisotopic (exact) mass is 345 g/mol. The van der Waals surface area contributed by atoms with Gasteiger partial charge < -0.3 is 4.74 Å². The van der Waals surface area contributed by atoms with E-state index < -0.39 is 9.05 Å². The summed E-state index contributed by atoms with van der Waals surface area (Å²) in [6.45, 7) is 6.12. The summed E-state index contributed by atoms with van der Waals surface area (Å²) >= 11 is 5.88. The Labute approximate surface area is 132 Å². The zero-order chi connectivity index (χ0) is 15.6. The van der Waals surface area contributed by atoms with E-state index in [-0.39, 0.29) is 10.0 Å². The molecule has 0 aliphatic heterocycles. The average molecular weight is 346 g/mol. The van der Waals surface area contributed by atoms with Crippen molar-refractivity contribution in [2.24, 2.45) is 0 Å². The molecule has 0 saturated heterocycles. The van der Waals surface area contributed by atoms with Crippen LogP contribution in [0.25, 0.3) is 10.9 Å². The van der Waals surface area contributed by atoms with Gasteiger partial charge in [0.25, 0.3) is 9.05 Å². The van der Waals surface area contributed by atoms with E-state index >= 15 is 0 Å². The van der Waals surface area contributed by atoms with Crippen LogP contribution in [0.4, 0.5) is 0 Å². The van der Waals surface area contributed by atoms with Gasteiger partial charge in [-0.25, -0.2) is 13.4 Å². The Hall–Kier alpha value is -1.30. The minimum Gasteiger partial charge on any atom is -0.491 e. The molecule has 21 heavy (non-hydrogen) atoms. The second-order valence-corrected chi connectivity index (χ2v) is 7.51. The number of rotatable bonds is 5. The minimum absolute atomic E-state index is 0.0180. The molecule has 0 bridgehead atoms. The molecule has 4 nitrogen and oxygen atoms in total. The summed E-state index contributed by atoms with van der Waals surface area (Å²) in [5, 5.41) is 0.624. The number of pyridine rings is 1. The summed E-state index contributed by atoms with van der Waals surface area (Å²) in [5.41, 5.74) is 1.36. The highest BCUT2D eigenvalue weighted by Crippen LogP contribution is 2.32. The number of hydrogen-bond acceptors (Lipinski definition) is 4. The van der Waals surface area contributed by atoms with E-state index in [4.69, 9.17) is 27.0 Å². The molecule has 0 radical (unpaired) electrons. The van der Waals surface area contributed by atoms with E-state index in [0.717, 1.165) is 5.57 Å². The third-order valence-electron chi connectivity index (χ3n) is 2.80. The molecule has 7 heteroatoms. The van der Waals surface area contributed by atoms with Crippen LogP contribution in [-0.2, 0) is 9.05 Å². The molecule has 0 aliphatic rings. The predicted octanol–water partition coefficient (Wildman–Crippen LogP) is 4.16. The number of hydrogen-bond donors (Lipinski definition) is 0. The number of aromatic nitrogens is 1. The first-order valence-electron chi connectivity index (χ1n) is 6.10. The van der Waals surface area contributed by atoms with E-state index in [0.29, 0.717) is 29.7 Å². The summed E-state index contributed by atoms with van der Waals surface area (Å²) in [6.07, 6.45) is 0.692. The Morgan fingerprint density at radius 3 is 2.67 bits per heavy atom. The van der Waals surface area contributed by atoms with Gasteiger partial charge in [0.1, 0.15) is 16.4 Å². The SMILES string of the molecule is C=C(C)CCOc1ccc(S(=O)(=O)Cl)c2ccc(Cl)nc12. The lowest BCUT2D eigenvalue weighted by Gasteiger charge is -2.11. The fourth-order valence-corrected chi connectivity index (χ4v) is 3.02. The van der Waals surface area contributed by atoms with Crippen LogP contribution < -0.4 is 4.74 Å². The summed E-state index contributed by atoms with van der Waals surface area (Å²) in [4.78, 5) is 4.12. The van der Waals surface area contributed by atoms with Crippen LogP contribution in [0.1, 0.15) is 13.3 Å². The first kappa shape index (κ1) is 16.1. The van der Waals surface area contributed by atoms with Crippen molar-refractivity contribution in [3.05, 3.63) is 41.6 Å². The van der Waals surface area contributed by atoms with Crippen molar-refractivity contribution >= 4 is 42.2 Å². The van der Waals surface area contributed by atoms with Gasteiger partial charge in [0, 0.05) is 22.5 Å². The van der Waals surface area contributed by atoms with Crippen molar-refractivity contribution in [3.8, 4) is 5.75 Å². The lowest BCUT2D eigenvalue weighted by atomic mass is 10.2. The zero-order valence-electron chi connectivity index (χ0n) is 11.3. The van der Waals surface area contributed by atoms with Crippen molar-refractivity contribution in [1.29, 1.82) is 0 Å². The fraction of sp³-hybridized carbons (Fsp3) is 0.214. The molecule has 1 aromatic carbocycles. The summed E-state index contributed by atoms with van der Waals surface area (Å²) < 4.78 is 28.8. The molecule has 1 aromatic heterocycles. The highest BCUT2D eigenvalue weighted by atomic mass is 35.7. The van der Waals surface area contributed by atoms with Gasteiger partial charge in [0.2, 0.25) is 0 Å². The molecule has 112 valence electrons. The summed E-state index contributed by atoms with van der Waals surface area (Å²) in [7, 11) is 1.56. The third kappa shape index (κ3) is 3.87. The number of benzene rings is 1. The fourth-order valence-electron chi connectivity index (χ4n) is 1.81. The molecule has 0 saturated carbocycles. The molecule has 0 amide bonds. The van der Waals surface area contributed by atoms with Crippen molar-refractivity contribution in [2.75, 3.05) is 6.61 Å². The molecule has 0 spiro atoms. The van der Waals surface area contributed by atoms with Gasteiger partial charge in [0.15, 0.2) is 0 Å². The number of fused-ring (bicyclic) bond motifs is 1. The molecule has 0 aliphatic carbocycles. The summed E-state index contributed by atoms with van der Waals surface area (Å²) in [6, 6.07) is 5.99. The molecule has 2 rings (SSSR count). The second-order valence-electron chi connectivity index (χ2n) is 4.59. The van der Waals surface area contributed by atoms with Crippen molar-refractivity contribution < 1.29 is 13.2 Å².